The van der Waals surface area contributed by atoms with E-state index in [1.165, 1.54) is 80.1 Å². The minimum absolute atomic E-state index is 0. The van der Waals surface area contributed by atoms with Crippen molar-refractivity contribution in [2.75, 3.05) is 0 Å². The summed E-state index contributed by atoms with van der Waals surface area (Å²) in [5.74, 6) is -1.44. The first-order valence-electron chi connectivity index (χ1n) is 24.6. The molecule has 0 aliphatic rings. The molecule has 0 atom stereocenters. The predicted molar refractivity (Wildman–Crippen MR) is 299 cm³/mol. The minimum Gasteiger partial charge on any atom is -0.477 e. The Morgan fingerprint density at radius 1 is 0.506 bits per heavy atom. The van der Waals surface area contributed by atoms with E-state index in [1.54, 1.807) is 42.9 Å². The van der Waals surface area contributed by atoms with Crippen molar-refractivity contribution in [3.63, 3.8) is 0 Å². The van der Waals surface area contributed by atoms with Crippen LogP contribution in [0.2, 0.25) is 0 Å². The second kappa shape index (κ2) is 22.6. The number of halogens is 2. The normalized spacial score (nSPS) is 11.0. The quantitative estimate of drug-likeness (QED) is 0.151. The van der Waals surface area contributed by atoms with Gasteiger partial charge in [-0.25, -0.2) is 24.1 Å². The Morgan fingerprint density at radius 2 is 1.00 bits per heavy atom. The van der Waals surface area contributed by atoms with Crippen LogP contribution >= 0.6 is 0 Å². The van der Waals surface area contributed by atoms with Gasteiger partial charge in [-0.3, -0.25) is 9.37 Å². The summed E-state index contributed by atoms with van der Waals surface area (Å²) in [5, 5.41) is 13.3. The molecule has 0 saturated carbocycles. The minimum atomic E-state index is -0.990. The number of carbonyl (C=O) groups is 1. The molecule has 0 aliphatic heterocycles. The van der Waals surface area contributed by atoms with E-state index >= 15 is 0 Å². The Hall–Kier alpha value is -9.35. The van der Waals surface area contributed by atoms with E-state index in [2.05, 4.69) is 182 Å². The standard InChI is InChI=1S/C40H26N4.C19H15F2N2.C6H5NO2.Ir/c1-5-19-37-31(15-1)32-16-2-6-20-38(32)43(37)29-13-9-11-27(23-29)35-25-36(42-26-41-35)28-12-10-14-30(24-28)44-39-21-7-3-17-33(39)34-18-4-8-22-40(34)44;1-12(2)17-11-22-18(13-3-7-15(20)8-4-13)19(23-17)14-5-9-16(21)10-6-14;8-6(9)5-3-1-2-4-7-5;/h1-26H;3,5-12H,1-2H3;1-4H,(H,8,9);/q;-1;;. The zero-order valence-electron chi connectivity index (χ0n) is 41.6. The first kappa shape index (κ1) is 51.1. The Bertz CT molecular complexity index is 3940. The second-order valence-electron chi connectivity index (χ2n) is 18.2. The summed E-state index contributed by atoms with van der Waals surface area (Å²) in [7, 11) is 0. The van der Waals surface area contributed by atoms with Crippen LogP contribution in [0.25, 0.3) is 100 Å². The van der Waals surface area contributed by atoms with Crippen LogP contribution in [0.3, 0.4) is 0 Å². The van der Waals surface area contributed by atoms with Crippen LogP contribution in [0.4, 0.5) is 8.78 Å². The summed E-state index contributed by atoms with van der Waals surface area (Å²) < 4.78 is 31.0. The van der Waals surface area contributed by atoms with Crippen LogP contribution in [0.1, 0.15) is 35.9 Å². The number of carboxylic acids is 1. The number of carboxylic acid groups (broad SMARTS) is 1. The molecule has 9 nitrogen and oxygen atoms in total. The van der Waals surface area contributed by atoms with Crippen LogP contribution in [0.5, 0.6) is 0 Å². The number of fused-ring (bicyclic) bond motifs is 6. The topological polar surface area (TPSA) is 112 Å². The Kier molecular flexibility index (Phi) is 15.0. The summed E-state index contributed by atoms with van der Waals surface area (Å²) in [6.07, 6.45) is 4.83. The second-order valence-corrected chi connectivity index (χ2v) is 18.2. The molecule has 1 radical (unpaired) electrons. The molecular formula is C65H46F2IrN7O2-. The molecule has 0 unspecified atom stereocenters. The van der Waals surface area contributed by atoms with Crippen LogP contribution < -0.4 is 0 Å². The number of aromatic nitrogens is 7. The van der Waals surface area contributed by atoms with Gasteiger partial charge in [0.25, 0.3) is 0 Å². The van der Waals surface area contributed by atoms with Crippen molar-refractivity contribution in [3.05, 3.63) is 260 Å². The molecule has 1 N–H and O–H groups in total. The molecule has 12 heteroatoms. The van der Waals surface area contributed by atoms with Gasteiger partial charge in [0.05, 0.1) is 44.8 Å². The van der Waals surface area contributed by atoms with Crippen LogP contribution in [0.15, 0.2) is 231 Å². The van der Waals surface area contributed by atoms with Gasteiger partial charge < -0.3 is 19.2 Å². The fourth-order valence-electron chi connectivity index (χ4n) is 9.41. The predicted octanol–water partition coefficient (Wildman–Crippen LogP) is 15.8. The maximum Gasteiger partial charge on any atom is 0.354 e. The van der Waals surface area contributed by atoms with E-state index in [4.69, 9.17) is 15.1 Å². The van der Waals surface area contributed by atoms with Gasteiger partial charge in [-0.1, -0.05) is 129 Å². The monoisotopic (exact) mass is 1190 g/mol. The average molecular weight is 1190 g/mol. The molecule has 0 spiro atoms. The zero-order valence-corrected chi connectivity index (χ0v) is 44.0. The molecule has 377 valence electrons. The first-order valence-corrected chi connectivity index (χ1v) is 24.6. The fourth-order valence-corrected chi connectivity index (χ4v) is 9.41. The van der Waals surface area contributed by atoms with E-state index < -0.39 is 5.97 Å². The Balaban J connectivity index is 0.000000170. The van der Waals surface area contributed by atoms with Crippen molar-refractivity contribution < 1.29 is 38.8 Å². The molecule has 13 rings (SSSR count). The Labute approximate surface area is 456 Å². The van der Waals surface area contributed by atoms with Gasteiger partial charge in [0.15, 0.2) is 0 Å². The number of para-hydroxylation sites is 4. The van der Waals surface area contributed by atoms with Gasteiger partial charge in [-0.15, -0.1) is 29.8 Å². The zero-order chi connectivity index (χ0) is 52.1. The molecule has 0 bridgehead atoms. The van der Waals surface area contributed by atoms with Gasteiger partial charge in [0.2, 0.25) is 0 Å². The summed E-state index contributed by atoms with van der Waals surface area (Å²) in [6, 6.07) is 71.7. The van der Waals surface area contributed by atoms with E-state index in [0.717, 1.165) is 45.1 Å². The van der Waals surface area contributed by atoms with E-state index in [9.17, 15) is 13.6 Å². The van der Waals surface area contributed by atoms with Crippen LogP contribution in [0, 0.1) is 17.7 Å². The summed E-state index contributed by atoms with van der Waals surface area (Å²) in [6.45, 7) is 4.06. The number of nitrogens with zero attached hydrogens (tertiary/aromatic N) is 7. The maximum atomic E-state index is 13.2. The van der Waals surface area contributed by atoms with Gasteiger partial charge in [0.1, 0.15) is 17.8 Å². The van der Waals surface area contributed by atoms with Gasteiger partial charge in [-0.05, 0) is 90.3 Å². The van der Waals surface area contributed by atoms with Crippen molar-refractivity contribution in [2.24, 2.45) is 0 Å². The number of hydrogen-bond donors (Lipinski definition) is 1. The van der Waals surface area contributed by atoms with Crippen molar-refractivity contribution in [1.29, 1.82) is 0 Å². The number of rotatable bonds is 8. The van der Waals surface area contributed by atoms with Crippen LogP contribution in [-0.4, -0.2) is 45.1 Å². The largest absolute Gasteiger partial charge is 0.477 e. The summed E-state index contributed by atoms with van der Waals surface area (Å²) >= 11 is 0. The SMILES string of the molecule is CC(C)c1cnc(-c2[c-]cc(F)cc2)c(-c2ccc(F)cc2)n1.O=C(O)c1ccccn1.[Ir].c1cc(-c2cc(-c3cccc(-n4c5ccccc5c5ccccc54)c3)ncn2)cc(-n2c3ccccc3c3ccccc32)c1. The number of hydrogen-bond acceptors (Lipinski definition) is 6. The maximum absolute atomic E-state index is 13.2. The van der Waals surface area contributed by atoms with Gasteiger partial charge in [0, 0.05) is 88.1 Å². The molecule has 0 aliphatic carbocycles. The molecule has 0 amide bonds. The molecule has 77 heavy (non-hydrogen) atoms. The van der Waals surface area contributed by atoms with Crippen molar-refractivity contribution in [2.45, 2.75) is 19.8 Å². The van der Waals surface area contributed by atoms with Crippen LogP contribution in [-0.2, 0) is 20.1 Å². The smallest absolute Gasteiger partial charge is 0.354 e. The third-order valence-electron chi connectivity index (χ3n) is 13.0. The van der Waals surface area contributed by atoms with Crippen molar-refractivity contribution >= 4 is 49.6 Å². The van der Waals surface area contributed by atoms with Gasteiger partial charge >= 0.3 is 5.97 Å². The van der Waals surface area contributed by atoms with E-state index in [0.29, 0.717) is 17.0 Å². The molecule has 0 saturated heterocycles. The van der Waals surface area contributed by atoms with Crippen molar-refractivity contribution in [3.8, 4) is 56.4 Å². The molecule has 0 fully saturated rings. The number of benzene rings is 8. The fraction of sp³-hybridized carbons (Fsp3) is 0.0462. The molecule has 5 aromatic heterocycles. The Morgan fingerprint density at radius 3 is 1.44 bits per heavy atom. The van der Waals surface area contributed by atoms with E-state index in [-0.39, 0.29) is 43.4 Å². The number of aromatic carboxylic acids is 1. The summed E-state index contributed by atoms with van der Waals surface area (Å²) in [4.78, 5) is 32.3. The van der Waals surface area contributed by atoms with Gasteiger partial charge in [-0.2, -0.15) is 0 Å². The van der Waals surface area contributed by atoms with Crippen molar-refractivity contribution in [1.82, 2.24) is 34.1 Å². The molecule has 8 aromatic carbocycles. The third kappa shape index (κ3) is 10.7. The third-order valence-corrected chi connectivity index (χ3v) is 13.0. The average Bonchev–Trinajstić information content (AvgIpc) is 4.11. The molecule has 13 aromatic rings. The molecule has 5 heterocycles. The van der Waals surface area contributed by atoms with E-state index in [1.807, 2.05) is 13.8 Å². The first-order chi connectivity index (χ1) is 37.2. The molecular weight excluding hydrogens is 1140 g/mol. The summed E-state index contributed by atoms with van der Waals surface area (Å²) in [5.41, 5.74) is 14.4. The number of pyridine rings is 1.